The number of nitro groups is 1. The summed E-state index contributed by atoms with van der Waals surface area (Å²) in [6, 6.07) is 9.11. The summed E-state index contributed by atoms with van der Waals surface area (Å²) in [5.41, 5.74) is 0.721. The fourth-order valence-corrected chi connectivity index (χ4v) is 3.89. The van der Waals surface area contributed by atoms with E-state index in [4.69, 9.17) is 0 Å². The Morgan fingerprint density at radius 1 is 1.14 bits per heavy atom. The van der Waals surface area contributed by atoms with Gasteiger partial charge in [-0.15, -0.1) is 0 Å². The van der Waals surface area contributed by atoms with E-state index in [1.165, 1.54) is 18.2 Å². The van der Waals surface area contributed by atoms with E-state index in [9.17, 15) is 18.5 Å². The minimum Gasteiger partial charge on any atom is -0.273 e. The van der Waals surface area contributed by atoms with Gasteiger partial charge in [0.2, 0.25) is 0 Å². The molecule has 0 spiro atoms. The number of aryl methyl sites for hydroxylation is 2. The lowest BCUT2D eigenvalue weighted by atomic mass is 10.2. The van der Waals surface area contributed by atoms with Crippen molar-refractivity contribution in [3.63, 3.8) is 0 Å². The van der Waals surface area contributed by atoms with E-state index in [-0.39, 0.29) is 16.3 Å². The molecule has 22 heavy (non-hydrogen) atoms. The van der Waals surface area contributed by atoms with Crippen molar-refractivity contribution in [2.75, 3.05) is 4.72 Å². The maximum atomic E-state index is 12.5. The summed E-state index contributed by atoms with van der Waals surface area (Å²) in [6.45, 7) is 3.27. The molecule has 0 saturated heterocycles. The Bertz CT molecular complexity index is 850. The number of halogens is 1. The molecule has 0 saturated carbocycles. The van der Waals surface area contributed by atoms with E-state index in [1.54, 1.807) is 32.0 Å². The third kappa shape index (κ3) is 3.28. The van der Waals surface area contributed by atoms with Gasteiger partial charge >= 0.3 is 0 Å². The highest BCUT2D eigenvalue weighted by atomic mass is 79.9. The molecule has 0 fully saturated rings. The van der Waals surface area contributed by atoms with Gasteiger partial charge in [0.15, 0.2) is 0 Å². The number of nitrogens with one attached hydrogen (secondary N) is 1. The van der Waals surface area contributed by atoms with Crippen molar-refractivity contribution in [3.8, 4) is 0 Å². The second-order valence-electron chi connectivity index (χ2n) is 4.74. The monoisotopic (exact) mass is 384 g/mol. The number of benzene rings is 2. The van der Waals surface area contributed by atoms with Gasteiger partial charge in [-0.05, 0) is 43.2 Å². The Labute approximate surface area is 136 Å². The number of nitro benzene ring substituents is 1. The largest absolute Gasteiger partial charge is 0.293 e. The first-order valence-electron chi connectivity index (χ1n) is 6.25. The molecule has 6 nitrogen and oxygen atoms in total. The molecule has 0 aliphatic heterocycles. The Morgan fingerprint density at radius 2 is 1.82 bits per heavy atom. The zero-order valence-electron chi connectivity index (χ0n) is 11.8. The minimum absolute atomic E-state index is 0.0187. The highest BCUT2D eigenvalue weighted by Gasteiger charge is 2.23. The SMILES string of the molecule is Cc1cc(Br)ccc1S(=O)(=O)Nc1c(C)cccc1[N+](=O)[O-]. The Balaban J connectivity index is 2.52. The van der Waals surface area contributed by atoms with Crippen molar-refractivity contribution in [3.05, 3.63) is 62.1 Å². The van der Waals surface area contributed by atoms with Crippen molar-refractivity contribution in [2.45, 2.75) is 18.7 Å². The minimum atomic E-state index is -3.91. The number of hydrogen-bond acceptors (Lipinski definition) is 4. The molecule has 116 valence electrons. The van der Waals surface area contributed by atoms with Crippen LogP contribution in [0.4, 0.5) is 11.4 Å². The molecule has 0 atom stereocenters. The summed E-state index contributed by atoms with van der Waals surface area (Å²) in [5.74, 6) is 0. The highest BCUT2D eigenvalue weighted by Crippen LogP contribution is 2.31. The van der Waals surface area contributed by atoms with Crippen molar-refractivity contribution in [1.29, 1.82) is 0 Å². The van der Waals surface area contributed by atoms with Crippen molar-refractivity contribution < 1.29 is 13.3 Å². The first-order chi connectivity index (χ1) is 10.2. The summed E-state index contributed by atoms with van der Waals surface area (Å²) in [6.07, 6.45) is 0. The van der Waals surface area contributed by atoms with Gasteiger partial charge < -0.3 is 0 Å². The van der Waals surface area contributed by atoms with Crippen LogP contribution in [0.15, 0.2) is 45.8 Å². The van der Waals surface area contributed by atoms with Gasteiger partial charge in [0.25, 0.3) is 15.7 Å². The molecule has 0 bridgehead atoms. The average Bonchev–Trinajstić information content (AvgIpc) is 2.40. The van der Waals surface area contributed by atoms with E-state index in [1.807, 2.05) is 0 Å². The second-order valence-corrected chi connectivity index (χ2v) is 7.31. The van der Waals surface area contributed by atoms with E-state index < -0.39 is 14.9 Å². The van der Waals surface area contributed by atoms with Crippen molar-refractivity contribution >= 4 is 37.3 Å². The van der Waals surface area contributed by atoms with Crippen LogP contribution in [0.25, 0.3) is 0 Å². The molecule has 0 amide bonds. The van der Waals surface area contributed by atoms with Gasteiger partial charge in [-0.2, -0.15) is 0 Å². The molecule has 0 unspecified atom stereocenters. The zero-order valence-corrected chi connectivity index (χ0v) is 14.2. The summed E-state index contributed by atoms with van der Waals surface area (Å²) in [4.78, 5) is 10.5. The summed E-state index contributed by atoms with van der Waals surface area (Å²) < 4.78 is 28.1. The molecule has 2 rings (SSSR count). The lowest BCUT2D eigenvalue weighted by Crippen LogP contribution is -2.16. The molecule has 1 N–H and O–H groups in total. The van der Waals surface area contributed by atoms with Gasteiger partial charge in [0.1, 0.15) is 5.69 Å². The van der Waals surface area contributed by atoms with Gasteiger partial charge in [0, 0.05) is 10.5 Å². The van der Waals surface area contributed by atoms with Crippen LogP contribution in [0.5, 0.6) is 0 Å². The van der Waals surface area contributed by atoms with Crippen LogP contribution in [-0.4, -0.2) is 13.3 Å². The molecule has 0 aliphatic carbocycles. The van der Waals surface area contributed by atoms with Gasteiger partial charge in [-0.1, -0.05) is 28.1 Å². The summed E-state index contributed by atoms with van der Waals surface area (Å²) in [7, 11) is -3.91. The third-order valence-corrected chi connectivity index (χ3v) is 5.11. The number of para-hydroxylation sites is 1. The first-order valence-corrected chi connectivity index (χ1v) is 8.53. The zero-order chi connectivity index (χ0) is 16.5. The van der Waals surface area contributed by atoms with Crippen molar-refractivity contribution in [1.82, 2.24) is 0 Å². The van der Waals surface area contributed by atoms with E-state index in [0.717, 1.165) is 4.47 Å². The maximum Gasteiger partial charge on any atom is 0.293 e. The third-order valence-electron chi connectivity index (χ3n) is 3.11. The molecule has 2 aromatic carbocycles. The fourth-order valence-electron chi connectivity index (χ4n) is 2.04. The van der Waals surface area contributed by atoms with Crippen LogP contribution >= 0.6 is 15.9 Å². The first kappa shape index (κ1) is 16.4. The normalized spacial score (nSPS) is 11.2. The summed E-state index contributed by atoms with van der Waals surface area (Å²) in [5, 5.41) is 11.1. The van der Waals surface area contributed by atoms with Crippen molar-refractivity contribution in [2.24, 2.45) is 0 Å². The van der Waals surface area contributed by atoms with Gasteiger partial charge in [-0.3, -0.25) is 14.8 Å². The number of sulfonamides is 1. The predicted octanol–water partition coefficient (Wildman–Crippen LogP) is 3.77. The Hall–Kier alpha value is -1.93. The van der Waals surface area contributed by atoms with E-state index in [0.29, 0.717) is 11.1 Å². The maximum absolute atomic E-state index is 12.5. The quantitative estimate of drug-likeness (QED) is 0.641. The standard InChI is InChI=1S/C14H13BrN2O4S/c1-9-4-3-5-12(17(18)19)14(9)16-22(20,21)13-7-6-11(15)8-10(13)2/h3-8,16H,1-2H3. The number of rotatable bonds is 4. The van der Waals surface area contributed by atoms with Gasteiger partial charge in [-0.25, -0.2) is 8.42 Å². The Morgan fingerprint density at radius 3 is 2.41 bits per heavy atom. The van der Waals surface area contributed by atoms with E-state index >= 15 is 0 Å². The van der Waals surface area contributed by atoms with Gasteiger partial charge in [0.05, 0.1) is 9.82 Å². The second kappa shape index (κ2) is 6.05. The molecule has 8 heteroatoms. The molecule has 0 radical (unpaired) electrons. The van der Waals surface area contributed by atoms with Crippen LogP contribution in [0, 0.1) is 24.0 Å². The van der Waals surface area contributed by atoms with E-state index in [2.05, 4.69) is 20.7 Å². The number of hydrogen-bond donors (Lipinski definition) is 1. The smallest absolute Gasteiger partial charge is 0.273 e. The highest BCUT2D eigenvalue weighted by molar-refractivity contribution is 9.10. The van der Waals surface area contributed by atoms with Crippen LogP contribution in [0.3, 0.4) is 0 Å². The van der Waals surface area contributed by atoms with Crippen LogP contribution in [-0.2, 0) is 10.0 Å². The molecule has 0 aliphatic rings. The Kier molecular flexibility index (Phi) is 4.52. The number of anilines is 1. The lowest BCUT2D eigenvalue weighted by Gasteiger charge is -2.12. The lowest BCUT2D eigenvalue weighted by molar-refractivity contribution is -0.383. The predicted molar refractivity (Wildman–Crippen MR) is 87.5 cm³/mol. The van der Waals surface area contributed by atoms with Crippen LogP contribution in [0.1, 0.15) is 11.1 Å². The molecular formula is C14H13BrN2O4S. The summed E-state index contributed by atoms with van der Waals surface area (Å²) >= 11 is 3.27. The van der Waals surface area contributed by atoms with Crippen LogP contribution < -0.4 is 4.72 Å². The molecule has 0 aromatic heterocycles. The molecular weight excluding hydrogens is 372 g/mol. The van der Waals surface area contributed by atoms with Crippen LogP contribution in [0.2, 0.25) is 0 Å². The number of nitrogens with zero attached hydrogens (tertiary/aromatic N) is 1. The fraction of sp³-hybridized carbons (Fsp3) is 0.143. The molecule has 0 heterocycles. The topological polar surface area (TPSA) is 89.3 Å². The average molecular weight is 385 g/mol. The molecule has 2 aromatic rings.